The van der Waals surface area contributed by atoms with Gasteiger partial charge in [0, 0.05) is 17.8 Å². The maximum atomic E-state index is 9.99. The molecular formula is C17H27NO. The van der Waals surface area contributed by atoms with E-state index in [2.05, 4.69) is 25.8 Å². The van der Waals surface area contributed by atoms with E-state index >= 15 is 0 Å². The van der Waals surface area contributed by atoms with Crippen molar-refractivity contribution in [2.45, 2.75) is 59.9 Å². The zero-order valence-corrected chi connectivity index (χ0v) is 12.9. The van der Waals surface area contributed by atoms with Gasteiger partial charge in [0.1, 0.15) is 5.75 Å². The Morgan fingerprint density at radius 3 is 2.47 bits per heavy atom. The molecule has 1 rings (SSSR count). The molecule has 0 spiro atoms. The Labute approximate surface area is 117 Å². The summed E-state index contributed by atoms with van der Waals surface area (Å²) in [6.07, 6.45) is 5.40. The molecule has 0 fully saturated rings. The molecule has 106 valence electrons. The van der Waals surface area contributed by atoms with Crippen molar-refractivity contribution in [2.75, 3.05) is 0 Å². The molecule has 1 aromatic carbocycles. The highest BCUT2D eigenvalue weighted by atomic mass is 16.3. The zero-order valence-electron chi connectivity index (χ0n) is 12.9. The third kappa shape index (κ3) is 5.46. The fourth-order valence-electron chi connectivity index (χ4n) is 2.19. The number of hydrogen-bond donors (Lipinski definition) is 1. The smallest absolute Gasteiger partial charge is 0.127 e. The molecule has 1 unspecified atom stereocenters. The van der Waals surface area contributed by atoms with Crippen LogP contribution in [0.2, 0.25) is 0 Å². The van der Waals surface area contributed by atoms with Gasteiger partial charge in [-0.1, -0.05) is 32.8 Å². The van der Waals surface area contributed by atoms with Crippen LogP contribution in [0, 0.1) is 19.8 Å². The molecule has 1 N–H and O–H groups in total. The monoisotopic (exact) mass is 261 g/mol. The summed E-state index contributed by atoms with van der Waals surface area (Å²) >= 11 is 0. The number of aromatic hydroxyl groups is 1. The fraction of sp³-hybridized carbons (Fsp3) is 0.588. The average molecular weight is 261 g/mol. The summed E-state index contributed by atoms with van der Waals surface area (Å²) in [5, 5.41) is 9.99. The molecular weight excluding hydrogens is 234 g/mol. The molecule has 2 nitrogen and oxygen atoms in total. The lowest BCUT2D eigenvalue weighted by Gasteiger charge is -2.09. The minimum absolute atomic E-state index is 0.318. The maximum absolute atomic E-state index is 9.99. The van der Waals surface area contributed by atoms with Gasteiger partial charge < -0.3 is 5.11 Å². The third-order valence-electron chi connectivity index (χ3n) is 3.35. The van der Waals surface area contributed by atoms with Crippen molar-refractivity contribution in [3.05, 3.63) is 28.8 Å². The summed E-state index contributed by atoms with van der Waals surface area (Å²) in [6, 6.07) is 4.28. The largest absolute Gasteiger partial charge is 0.507 e. The first-order valence-electron chi connectivity index (χ1n) is 7.23. The first-order valence-corrected chi connectivity index (χ1v) is 7.23. The van der Waals surface area contributed by atoms with Crippen LogP contribution >= 0.6 is 0 Å². The minimum atomic E-state index is 0.318. The SMILES string of the molecule is Cc1cc(C)c(O)c(C=NC(C)CCCC(C)C)c1. The van der Waals surface area contributed by atoms with Gasteiger partial charge in [-0.15, -0.1) is 0 Å². The normalized spacial score (nSPS) is 13.4. The molecule has 0 aliphatic rings. The molecule has 0 amide bonds. The van der Waals surface area contributed by atoms with Crippen molar-refractivity contribution < 1.29 is 5.11 Å². The number of nitrogens with zero attached hydrogens (tertiary/aromatic N) is 1. The van der Waals surface area contributed by atoms with Gasteiger partial charge in [-0.05, 0) is 50.3 Å². The Morgan fingerprint density at radius 1 is 1.16 bits per heavy atom. The second kappa shape index (κ2) is 7.32. The minimum Gasteiger partial charge on any atom is -0.507 e. The molecule has 1 atom stereocenters. The van der Waals surface area contributed by atoms with E-state index in [1.165, 1.54) is 12.8 Å². The van der Waals surface area contributed by atoms with Crippen LogP contribution in [-0.2, 0) is 0 Å². The Hall–Kier alpha value is -1.31. The number of benzene rings is 1. The molecule has 0 heterocycles. The maximum Gasteiger partial charge on any atom is 0.127 e. The number of aryl methyl sites for hydroxylation is 2. The molecule has 0 aliphatic carbocycles. The molecule has 1 aromatic rings. The van der Waals surface area contributed by atoms with Gasteiger partial charge in [0.15, 0.2) is 0 Å². The molecule has 19 heavy (non-hydrogen) atoms. The molecule has 2 heteroatoms. The lowest BCUT2D eigenvalue weighted by molar-refractivity contribution is 0.470. The van der Waals surface area contributed by atoms with Crippen LogP contribution in [0.1, 0.15) is 56.7 Å². The second-order valence-electron chi connectivity index (χ2n) is 5.97. The van der Waals surface area contributed by atoms with Crippen LogP contribution < -0.4 is 0 Å². The first-order chi connectivity index (χ1) is 8.90. The predicted octanol–water partition coefficient (Wildman–Crippen LogP) is 4.64. The van der Waals surface area contributed by atoms with Gasteiger partial charge >= 0.3 is 0 Å². The highest BCUT2D eigenvalue weighted by molar-refractivity contribution is 5.84. The van der Waals surface area contributed by atoms with E-state index < -0.39 is 0 Å². The standard InChI is InChI=1S/C17H27NO/c1-12(2)7-6-8-15(5)18-11-16-10-13(3)9-14(4)17(16)19/h9-12,15,19H,6-8H2,1-5H3. The van der Waals surface area contributed by atoms with Gasteiger partial charge in [-0.25, -0.2) is 0 Å². The quantitative estimate of drug-likeness (QED) is 0.743. The lowest BCUT2D eigenvalue weighted by Crippen LogP contribution is -2.00. The first kappa shape index (κ1) is 15.7. The van der Waals surface area contributed by atoms with E-state index in [1.54, 1.807) is 0 Å². The van der Waals surface area contributed by atoms with Crippen molar-refractivity contribution in [1.29, 1.82) is 0 Å². The number of rotatable bonds is 6. The molecule has 0 saturated carbocycles. The fourth-order valence-corrected chi connectivity index (χ4v) is 2.19. The van der Waals surface area contributed by atoms with E-state index in [-0.39, 0.29) is 0 Å². The van der Waals surface area contributed by atoms with Crippen LogP contribution in [0.15, 0.2) is 17.1 Å². The van der Waals surface area contributed by atoms with Crippen LogP contribution in [0.3, 0.4) is 0 Å². The van der Waals surface area contributed by atoms with E-state index in [4.69, 9.17) is 0 Å². The summed E-state index contributed by atoms with van der Waals surface area (Å²) < 4.78 is 0. The zero-order chi connectivity index (χ0) is 14.4. The van der Waals surface area contributed by atoms with Gasteiger partial charge in [-0.3, -0.25) is 4.99 Å². The van der Waals surface area contributed by atoms with Crippen molar-refractivity contribution >= 4 is 6.21 Å². The van der Waals surface area contributed by atoms with Crippen molar-refractivity contribution in [2.24, 2.45) is 10.9 Å². The summed E-state index contributed by atoms with van der Waals surface area (Å²) in [5.74, 6) is 1.11. The number of phenols is 1. The van der Waals surface area contributed by atoms with E-state index in [0.717, 1.165) is 29.0 Å². The highest BCUT2D eigenvalue weighted by Crippen LogP contribution is 2.22. The number of hydrogen-bond acceptors (Lipinski definition) is 2. The summed E-state index contributed by atoms with van der Waals surface area (Å²) in [7, 11) is 0. The molecule has 0 bridgehead atoms. The van der Waals surface area contributed by atoms with Crippen molar-refractivity contribution in [3.8, 4) is 5.75 Å². The lowest BCUT2D eigenvalue weighted by atomic mass is 10.0. The molecule has 0 aliphatic heterocycles. The molecule has 0 aromatic heterocycles. The Kier molecular flexibility index (Phi) is 6.07. The van der Waals surface area contributed by atoms with E-state index in [0.29, 0.717) is 11.8 Å². The van der Waals surface area contributed by atoms with Gasteiger partial charge in [-0.2, -0.15) is 0 Å². The Morgan fingerprint density at radius 2 is 1.84 bits per heavy atom. The molecule has 0 saturated heterocycles. The van der Waals surface area contributed by atoms with Gasteiger partial charge in [0.25, 0.3) is 0 Å². The Bertz CT molecular complexity index is 435. The highest BCUT2D eigenvalue weighted by Gasteiger charge is 2.04. The van der Waals surface area contributed by atoms with Crippen LogP contribution in [-0.4, -0.2) is 17.4 Å². The number of phenolic OH excluding ortho intramolecular Hbond substituents is 1. The van der Waals surface area contributed by atoms with Gasteiger partial charge in [0.2, 0.25) is 0 Å². The summed E-state index contributed by atoms with van der Waals surface area (Å²) in [5.41, 5.74) is 2.89. The third-order valence-corrected chi connectivity index (χ3v) is 3.35. The second-order valence-corrected chi connectivity index (χ2v) is 5.97. The van der Waals surface area contributed by atoms with Crippen molar-refractivity contribution in [1.82, 2.24) is 0 Å². The van der Waals surface area contributed by atoms with E-state index in [1.807, 2.05) is 32.2 Å². The van der Waals surface area contributed by atoms with Gasteiger partial charge in [0.05, 0.1) is 0 Å². The van der Waals surface area contributed by atoms with Crippen LogP contribution in [0.4, 0.5) is 0 Å². The topological polar surface area (TPSA) is 32.6 Å². The number of aliphatic imine (C=N–C) groups is 1. The van der Waals surface area contributed by atoms with Crippen LogP contribution in [0.5, 0.6) is 5.75 Å². The van der Waals surface area contributed by atoms with Crippen LogP contribution in [0.25, 0.3) is 0 Å². The average Bonchev–Trinajstić information content (AvgIpc) is 2.31. The summed E-state index contributed by atoms with van der Waals surface area (Å²) in [4.78, 5) is 4.55. The van der Waals surface area contributed by atoms with Crippen molar-refractivity contribution in [3.63, 3.8) is 0 Å². The summed E-state index contributed by atoms with van der Waals surface area (Å²) in [6.45, 7) is 10.6. The van der Waals surface area contributed by atoms with E-state index in [9.17, 15) is 5.11 Å². The Balaban J connectivity index is 2.61. The molecule has 0 radical (unpaired) electrons. The predicted molar refractivity (Wildman–Crippen MR) is 83.3 cm³/mol.